The van der Waals surface area contributed by atoms with Crippen molar-refractivity contribution in [2.24, 2.45) is 5.10 Å². The highest BCUT2D eigenvalue weighted by Gasteiger charge is 2.14. The maximum Gasteiger partial charge on any atom is 0.266 e. The maximum absolute atomic E-state index is 13.2. The van der Waals surface area contributed by atoms with Gasteiger partial charge in [-0.25, -0.2) is 10.4 Å². The third kappa shape index (κ3) is 4.76. The molecule has 156 valence electrons. The molecule has 0 aliphatic rings. The van der Waals surface area contributed by atoms with Crippen LogP contribution in [0.25, 0.3) is 16.6 Å². The van der Waals surface area contributed by atoms with Gasteiger partial charge in [-0.3, -0.25) is 14.2 Å². The molecule has 0 atom stereocenters. The smallest absolute Gasteiger partial charge is 0.266 e. The molecule has 0 aliphatic carbocycles. The number of amides is 1. The number of aromatic nitrogens is 2. The van der Waals surface area contributed by atoms with Crippen molar-refractivity contribution in [2.75, 3.05) is 5.75 Å². The molecule has 0 saturated carbocycles. The normalized spacial score (nSPS) is 11.3. The lowest BCUT2D eigenvalue weighted by molar-refractivity contribution is -0.118. The molecule has 0 aliphatic heterocycles. The average Bonchev–Trinajstić information content (AvgIpc) is 3.18. The van der Waals surface area contributed by atoms with Gasteiger partial charge >= 0.3 is 0 Å². The lowest BCUT2D eigenvalue weighted by Crippen LogP contribution is -2.24. The number of carbonyl (C=O) groups is 1. The van der Waals surface area contributed by atoms with Crippen LogP contribution in [0, 0.1) is 13.8 Å². The zero-order chi connectivity index (χ0) is 21.8. The second kappa shape index (κ2) is 9.28. The van der Waals surface area contributed by atoms with Crippen molar-refractivity contribution in [3.63, 3.8) is 0 Å². The SMILES string of the molecule is Cc1ccc(-n2c(SCC(=O)N/N=C\c3sccc3C)nc3ccccc3c2=O)cc1. The number of thioether (sulfide) groups is 1. The number of rotatable bonds is 6. The molecule has 31 heavy (non-hydrogen) atoms. The first kappa shape index (κ1) is 21.0. The minimum atomic E-state index is -0.270. The van der Waals surface area contributed by atoms with Crippen LogP contribution < -0.4 is 11.0 Å². The summed E-state index contributed by atoms with van der Waals surface area (Å²) < 4.78 is 1.55. The number of benzene rings is 2. The third-order valence-electron chi connectivity index (χ3n) is 4.64. The number of fused-ring (bicyclic) bond motifs is 1. The van der Waals surface area contributed by atoms with Crippen molar-refractivity contribution < 1.29 is 4.79 Å². The van der Waals surface area contributed by atoms with E-state index in [1.807, 2.05) is 61.7 Å². The maximum atomic E-state index is 13.2. The van der Waals surface area contributed by atoms with Gasteiger partial charge in [0.05, 0.1) is 28.6 Å². The summed E-state index contributed by atoms with van der Waals surface area (Å²) in [5, 5.41) is 7.00. The van der Waals surface area contributed by atoms with Crippen molar-refractivity contribution in [3.8, 4) is 5.69 Å². The molecule has 1 amide bonds. The van der Waals surface area contributed by atoms with Gasteiger partial charge in [0.15, 0.2) is 5.16 Å². The quantitative estimate of drug-likeness (QED) is 0.206. The molecule has 0 unspecified atom stereocenters. The second-order valence-electron chi connectivity index (χ2n) is 6.94. The standard InChI is InChI=1S/C23H20N4O2S2/c1-15-7-9-17(10-8-15)27-22(29)18-5-3-4-6-19(18)25-23(27)31-14-21(28)26-24-13-20-16(2)11-12-30-20/h3-13H,14H2,1-2H3,(H,26,28)/b24-13-. The van der Waals surface area contributed by atoms with E-state index in [1.54, 1.807) is 34.3 Å². The molecule has 4 aromatic rings. The van der Waals surface area contributed by atoms with Crippen LogP contribution in [-0.4, -0.2) is 27.4 Å². The first-order valence-corrected chi connectivity index (χ1v) is 11.5. The Labute approximate surface area is 187 Å². The molecule has 2 heterocycles. The number of aryl methyl sites for hydroxylation is 2. The summed E-state index contributed by atoms with van der Waals surface area (Å²) >= 11 is 2.76. The van der Waals surface area contributed by atoms with Gasteiger partial charge in [-0.2, -0.15) is 5.10 Å². The second-order valence-corrected chi connectivity index (χ2v) is 8.83. The summed E-state index contributed by atoms with van der Waals surface area (Å²) in [6, 6.07) is 16.9. The number of hydrogen-bond donors (Lipinski definition) is 1. The van der Waals surface area contributed by atoms with Crippen LogP contribution in [0.4, 0.5) is 0 Å². The summed E-state index contributed by atoms with van der Waals surface area (Å²) in [6.45, 7) is 3.98. The number of carbonyl (C=O) groups excluding carboxylic acids is 1. The van der Waals surface area contributed by atoms with Gasteiger partial charge in [0.1, 0.15) is 0 Å². The lowest BCUT2D eigenvalue weighted by Gasteiger charge is -2.13. The highest BCUT2D eigenvalue weighted by molar-refractivity contribution is 7.99. The van der Waals surface area contributed by atoms with E-state index in [9.17, 15) is 9.59 Å². The number of hydrogen-bond acceptors (Lipinski definition) is 6. The number of hydrazone groups is 1. The Bertz CT molecular complexity index is 1320. The van der Waals surface area contributed by atoms with E-state index in [0.717, 1.165) is 16.0 Å². The lowest BCUT2D eigenvalue weighted by atomic mass is 10.2. The molecule has 8 heteroatoms. The first-order chi connectivity index (χ1) is 15.0. The highest BCUT2D eigenvalue weighted by atomic mass is 32.2. The molecule has 0 bridgehead atoms. The van der Waals surface area contributed by atoms with Crippen LogP contribution in [0.15, 0.2) is 75.0 Å². The molecule has 2 aromatic carbocycles. The van der Waals surface area contributed by atoms with Gasteiger partial charge in [-0.15, -0.1) is 11.3 Å². The minimum absolute atomic E-state index is 0.0808. The van der Waals surface area contributed by atoms with Crippen molar-refractivity contribution in [1.82, 2.24) is 15.0 Å². The van der Waals surface area contributed by atoms with E-state index in [4.69, 9.17) is 0 Å². The van der Waals surface area contributed by atoms with Crippen molar-refractivity contribution in [3.05, 3.63) is 86.3 Å². The van der Waals surface area contributed by atoms with Gasteiger partial charge in [-0.1, -0.05) is 41.6 Å². The number of para-hydroxylation sites is 1. The van der Waals surface area contributed by atoms with Gasteiger partial charge < -0.3 is 0 Å². The fourth-order valence-electron chi connectivity index (χ4n) is 2.97. The van der Waals surface area contributed by atoms with Crippen LogP contribution in [-0.2, 0) is 4.79 Å². The first-order valence-electron chi connectivity index (χ1n) is 9.60. The Morgan fingerprint density at radius 2 is 1.94 bits per heavy atom. The molecule has 0 fully saturated rings. The van der Waals surface area contributed by atoms with E-state index >= 15 is 0 Å². The number of nitrogens with zero attached hydrogens (tertiary/aromatic N) is 3. The predicted octanol–water partition coefficient (Wildman–Crippen LogP) is 4.31. The molecule has 2 aromatic heterocycles. The summed E-state index contributed by atoms with van der Waals surface area (Å²) in [4.78, 5) is 31.2. The van der Waals surface area contributed by atoms with Crippen molar-refractivity contribution in [1.29, 1.82) is 0 Å². The highest BCUT2D eigenvalue weighted by Crippen LogP contribution is 2.21. The molecule has 1 N–H and O–H groups in total. The fourth-order valence-corrected chi connectivity index (χ4v) is 4.56. The Morgan fingerprint density at radius 3 is 2.68 bits per heavy atom. The van der Waals surface area contributed by atoms with Crippen molar-refractivity contribution >= 4 is 46.1 Å². The minimum Gasteiger partial charge on any atom is -0.272 e. The Balaban J connectivity index is 1.59. The summed E-state index contributed by atoms with van der Waals surface area (Å²) in [5.41, 5.74) is 5.89. The van der Waals surface area contributed by atoms with Gasteiger partial charge in [-0.05, 0) is 55.1 Å². The topological polar surface area (TPSA) is 76.3 Å². The molecule has 0 radical (unpaired) electrons. The molecule has 4 rings (SSSR count). The summed E-state index contributed by atoms with van der Waals surface area (Å²) in [5.74, 6) is -0.189. The zero-order valence-electron chi connectivity index (χ0n) is 17.0. The van der Waals surface area contributed by atoms with E-state index in [0.29, 0.717) is 21.7 Å². The number of nitrogens with one attached hydrogen (secondary N) is 1. The zero-order valence-corrected chi connectivity index (χ0v) is 18.7. The monoisotopic (exact) mass is 448 g/mol. The average molecular weight is 449 g/mol. The largest absolute Gasteiger partial charge is 0.272 e. The number of thiophene rings is 1. The van der Waals surface area contributed by atoms with Crippen molar-refractivity contribution in [2.45, 2.75) is 19.0 Å². The van der Waals surface area contributed by atoms with Crippen LogP contribution in [0.2, 0.25) is 0 Å². The summed E-state index contributed by atoms with van der Waals surface area (Å²) in [6.07, 6.45) is 1.64. The van der Waals surface area contributed by atoms with Gasteiger partial charge in [0, 0.05) is 4.88 Å². The summed E-state index contributed by atoms with van der Waals surface area (Å²) in [7, 11) is 0. The van der Waals surface area contributed by atoms with Crippen LogP contribution >= 0.6 is 23.1 Å². The molecule has 6 nitrogen and oxygen atoms in total. The van der Waals surface area contributed by atoms with E-state index in [-0.39, 0.29) is 17.2 Å². The fraction of sp³-hybridized carbons (Fsp3) is 0.130. The van der Waals surface area contributed by atoms with Crippen LogP contribution in [0.5, 0.6) is 0 Å². The van der Waals surface area contributed by atoms with E-state index in [2.05, 4.69) is 15.5 Å². The Morgan fingerprint density at radius 1 is 1.16 bits per heavy atom. The Hall–Kier alpha value is -3.23. The molecule has 0 saturated heterocycles. The Kier molecular flexibility index (Phi) is 6.29. The third-order valence-corrected chi connectivity index (χ3v) is 6.53. The van der Waals surface area contributed by atoms with E-state index < -0.39 is 0 Å². The molecular weight excluding hydrogens is 428 g/mol. The van der Waals surface area contributed by atoms with E-state index in [1.165, 1.54) is 11.8 Å². The van der Waals surface area contributed by atoms with Crippen LogP contribution in [0.3, 0.4) is 0 Å². The van der Waals surface area contributed by atoms with Gasteiger partial charge in [0.2, 0.25) is 0 Å². The molecule has 0 spiro atoms. The van der Waals surface area contributed by atoms with Crippen LogP contribution in [0.1, 0.15) is 16.0 Å². The van der Waals surface area contributed by atoms with Gasteiger partial charge in [0.25, 0.3) is 11.5 Å². The predicted molar refractivity (Wildman–Crippen MR) is 128 cm³/mol. The molecular formula is C23H20N4O2S2.